The molecule has 7 heteroatoms. The number of carboxylic acid groups (broad SMARTS) is 1. The molecule has 0 radical (unpaired) electrons. The number of hydrogen-bond donors (Lipinski definition) is 3. The zero-order chi connectivity index (χ0) is 23.1. The van der Waals surface area contributed by atoms with E-state index >= 15 is 4.39 Å². The predicted molar refractivity (Wildman–Crippen MR) is 121 cm³/mol. The SMILES string of the molecule is C[C@@H](N)c1cccc(-c2cc(COc3ccccc3CC(=O)O)cc(NCCF)c2)c1F. The van der Waals surface area contributed by atoms with Crippen LogP contribution in [0.5, 0.6) is 5.75 Å². The highest BCUT2D eigenvalue weighted by molar-refractivity contribution is 5.72. The van der Waals surface area contributed by atoms with Crippen molar-refractivity contribution < 1.29 is 23.4 Å². The minimum Gasteiger partial charge on any atom is -0.489 e. The topological polar surface area (TPSA) is 84.6 Å². The molecule has 0 bridgehead atoms. The van der Waals surface area contributed by atoms with Crippen LogP contribution in [0.25, 0.3) is 11.1 Å². The molecule has 3 aromatic rings. The Hall–Kier alpha value is -3.45. The van der Waals surface area contributed by atoms with E-state index in [1.54, 1.807) is 67.6 Å². The molecular formula is C25H26F2N2O3. The van der Waals surface area contributed by atoms with Crippen LogP contribution in [-0.2, 0) is 17.8 Å². The standard InChI is InChI=1S/C25H26F2N2O3/c1-16(28)21-6-4-7-22(25(21)27)19-11-17(12-20(13-19)29-10-9-26)15-32-23-8-3-2-5-18(23)14-24(30)31/h2-8,11-13,16,29H,9-10,14-15,28H2,1H3,(H,30,31)/t16-/m1/s1. The number of nitrogens with one attached hydrogen (secondary N) is 1. The highest BCUT2D eigenvalue weighted by atomic mass is 19.1. The van der Waals surface area contributed by atoms with Gasteiger partial charge in [-0.3, -0.25) is 4.79 Å². The van der Waals surface area contributed by atoms with Crippen molar-refractivity contribution in [1.82, 2.24) is 0 Å². The van der Waals surface area contributed by atoms with Crippen LogP contribution in [0, 0.1) is 5.82 Å². The van der Waals surface area contributed by atoms with E-state index in [4.69, 9.17) is 15.6 Å². The Morgan fingerprint density at radius 1 is 1.16 bits per heavy atom. The first-order valence-corrected chi connectivity index (χ1v) is 10.3. The molecule has 0 saturated carbocycles. The van der Waals surface area contributed by atoms with Crippen LogP contribution < -0.4 is 15.8 Å². The molecule has 0 saturated heterocycles. The number of carboxylic acids is 1. The van der Waals surface area contributed by atoms with Gasteiger partial charge in [0.1, 0.15) is 24.8 Å². The van der Waals surface area contributed by atoms with Crippen LogP contribution in [-0.4, -0.2) is 24.3 Å². The van der Waals surface area contributed by atoms with Crippen LogP contribution in [0.4, 0.5) is 14.5 Å². The highest BCUT2D eigenvalue weighted by Crippen LogP contribution is 2.31. The molecule has 3 aromatic carbocycles. The molecule has 168 valence electrons. The van der Waals surface area contributed by atoms with E-state index in [1.165, 1.54) is 0 Å². The molecule has 0 amide bonds. The average molecular weight is 440 g/mol. The number of alkyl halides is 1. The first kappa shape index (κ1) is 23.2. The zero-order valence-electron chi connectivity index (χ0n) is 17.8. The molecular weight excluding hydrogens is 414 g/mol. The molecule has 0 aliphatic rings. The number of hydrogen-bond acceptors (Lipinski definition) is 4. The van der Waals surface area contributed by atoms with Gasteiger partial charge in [-0.1, -0.05) is 36.4 Å². The fraction of sp³-hybridized carbons (Fsp3) is 0.240. The number of anilines is 1. The summed E-state index contributed by atoms with van der Waals surface area (Å²) >= 11 is 0. The third-order valence-electron chi connectivity index (χ3n) is 4.96. The average Bonchev–Trinajstić information content (AvgIpc) is 2.76. The third kappa shape index (κ3) is 5.82. The van der Waals surface area contributed by atoms with Crippen molar-refractivity contribution in [3.63, 3.8) is 0 Å². The van der Waals surface area contributed by atoms with Crippen molar-refractivity contribution in [1.29, 1.82) is 0 Å². The first-order valence-electron chi connectivity index (χ1n) is 10.3. The minimum atomic E-state index is -0.953. The van der Waals surface area contributed by atoms with E-state index < -0.39 is 24.5 Å². The molecule has 5 nitrogen and oxygen atoms in total. The molecule has 0 fully saturated rings. The lowest BCUT2D eigenvalue weighted by Crippen LogP contribution is -2.08. The summed E-state index contributed by atoms with van der Waals surface area (Å²) in [6.07, 6.45) is -0.158. The molecule has 0 aliphatic carbocycles. The lowest BCUT2D eigenvalue weighted by molar-refractivity contribution is -0.136. The molecule has 3 rings (SSSR count). The summed E-state index contributed by atoms with van der Waals surface area (Å²) in [6, 6.07) is 16.9. The summed E-state index contributed by atoms with van der Waals surface area (Å²) in [6.45, 7) is 1.42. The van der Waals surface area contributed by atoms with Crippen molar-refractivity contribution in [3.05, 3.63) is 83.2 Å². The summed E-state index contributed by atoms with van der Waals surface area (Å²) in [5, 5.41) is 12.1. The van der Waals surface area contributed by atoms with E-state index in [9.17, 15) is 9.18 Å². The van der Waals surface area contributed by atoms with Crippen LogP contribution >= 0.6 is 0 Å². The number of nitrogens with two attached hydrogens (primary N) is 1. The Kier molecular flexibility index (Phi) is 7.78. The maximum absolute atomic E-state index is 15.1. The molecule has 4 N–H and O–H groups in total. The van der Waals surface area contributed by atoms with Crippen LogP contribution in [0.3, 0.4) is 0 Å². The van der Waals surface area contributed by atoms with Gasteiger partial charge in [0.2, 0.25) is 0 Å². The fourth-order valence-corrected chi connectivity index (χ4v) is 3.46. The van der Waals surface area contributed by atoms with Gasteiger partial charge in [-0.15, -0.1) is 0 Å². The second kappa shape index (κ2) is 10.7. The zero-order valence-corrected chi connectivity index (χ0v) is 17.8. The third-order valence-corrected chi connectivity index (χ3v) is 4.96. The monoisotopic (exact) mass is 440 g/mol. The molecule has 0 aliphatic heterocycles. The lowest BCUT2D eigenvalue weighted by atomic mass is 9.97. The summed E-state index contributed by atoms with van der Waals surface area (Å²) < 4.78 is 33.7. The Labute approximate surface area is 185 Å². The fourth-order valence-electron chi connectivity index (χ4n) is 3.46. The predicted octanol–water partition coefficient (Wildman–Crippen LogP) is 5.10. The quantitative estimate of drug-likeness (QED) is 0.408. The maximum Gasteiger partial charge on any atom is 0.307 e. The van der Waals surface area contributed by atoms with Crippen molar-refractivity contribution in [3.8, 4) is 16.9 Å². The number of halogens is 2. The van der Waals surface area contributed by atoms with Gasteiger partial charge in [0.25, 0.3) is 0 Å². The number of rotatable bonds is 10. The van der Waals surface area contributed by atoms with Crippen molar-refractivity contribution in [2.24, 2.45) is 5.73 Å². The van der Waals surface area contributed by atoms with Gasteiger partial charge >= 0.3 is 5.97 Å². The Balaban J connectivity index is 1.94. The Morgan fingerprint density at radius 2 is 1.94 bits per heavy atom. The number of ether oxygens (including phenoxy) is 1. The van der Waals surface area contributed by atoms with Crippen molar-refractivity contribution >= 4 is 11.7 Å². The van der Waals surface area contributed by atoms with Gasteiger partial charge in [0.05, 0.1) is 6.42 Å². The van der Waals surface area contributed by atoms with Crippen molar-refractivity contribution in [2.45, 2.75) is 26.0 Å². The van der Waals surface area contributed by atoms with E-state index in [-0.39, 0.29) is 19.6 Å². The molecule has 0 unspecified atom stereocenters. The van der Waals surface area contributed by atoms with Gasteiger partial charge in [-0.05, 0) is 42.3 Å². The molecule has 1 atom stereocenters. The van der Waals surface area contributed by atoms with Crippen LogP contribution in [0.1, 0.15) is 29.7 Å². The van der Waals surface area contributed by atoms with Gasteiger partial charge in [-0.2, -0.15) is 0 Å². The Bertz CT molecular complexity index is 1090. The van der Waals surface area contributed by atoms with E-state index in [1.807, 2.05) is 0 Å². The van der Waals surface area contributed by atoms with E-state index in [0.717, 1.165) is 5.56 Å². The number of aliphatic carboxylic acids is 1. The van der Waals surface area contributed by atoms with Gasteiger partial charge in [0.15, 0.2) is 0 Å². The number of carbonyl (C=O) groups is 1. The van der Waals surface area contributed by atoms with E-state index in [2.05, 4.69) is 5.32 Å². The molecule has 0 aromatic heterocycles. The summed E-state index contributed by atoms with van der Waals surface area (Å²) in [5.41, 5.74) is 9.20. The lowest BCUT2D eigenvalue weighted by Gasteiger charge is -2.15. The second-order valence-electron chi connectivity index (χ2n) is 7.50. The van der Waals surface area contributed by atoms with E-state index in [0.29, 0.717) is 33.7 Å². The van der Waals surface area contributed by atoms with Gasteiger partial charge in [-0.25, -0.2) is 8.78 Å². The molecule has 0 heterocycles. The van der Waals surface area contributed by atoms with Gasteiger partial charge in [0, 0.05) is 35.0 Å². The molecule has 0 spiro atoms. The minimum absolute atomic E-state index is 0.119. The number of benzene rings is 3. The Morgan fingerprint density at radius 3 is 2.66 bits per heavy atom. The number of para-hydroxylation sites is 1. The second-order valence-corrected chi connectivity index (χ2v) is 7.50. The van der Waals surface area contributed by atoms with Crippen LogP contribution in [0.2, 0.25) is 0 Å². The first-order chi connectivity index (χ1) is 15.4. The van der Waals surface area contributed by atoms with Crippen molar-refractivity contribution in [2.75, 3.05) is 18.5 Å². The normalized spacial score (nSPS) is 11.8. The summed E-state index contributed by atoms with van der Waals surface area (Å²) in [5.74, 6) is -0.891. The summed E-state index contributed by atoms with van der Waals surface area (Å²) in [4.78, 5) is 11.1. The highest BCUT2D eigenvalue weighted by Gasteiger charge is 2.15. The van der Waals surface area contributed by atoms with Gasteiger partial charge < -0.3 is 20.9 Å². The summed E-state index contributed by atoms with van der Waals surface area (Å²) in [7, 11) is 0. The maximum atomic E-state index is 15.1. The largest absolute Gasteiger partial charge is 0.489 e. The molecule has 32 heavy (non-hydrogen) atoms. The smallest absolute Gasteiger partial charge is 0.307 e. The van der Waals surface area contributed by atoms with Crippen LogP contribution in [0.15, 0.2) is 60.7 Å².